The Kier molecular flexibility index (Phi) is 4.98. The van der Waals surface area contributed by atoms with Crippen LogP contribution < -0.4 is 10.5 Å². The molecule has 2 amide bonds. The number of phenolic OH excluding ortho intramolecular Hbond substituents is 1. The molecule has 132 valence electrons. The molecule has 0 aliphatic carbocycles. The van der Waals surface area contributed by atoms with E-state index in [0.29, 0.717) is 41.8 Å². The minimum absolute atomic E-state index is 0.0457. The molecule has 0 saturated carbocycles. The summed E-state index contributed by atoms with van der Waals surface area (Å²) in [6.45, 7) is 1.32. The number of carbonyl (C=O) groups excluding carboxylic acids is 2. The standard InChI is InChI=1S/C17H19N3O4S/c1-24-13-8-10(2-3-12(13)21)9-14-16(23)19-17(25-14)20-6-4-11(5-7-20)15(18)22/h2-3,8-9,11,21H,4-7H2,1H3,(H2,18,22)/b14-9-. The van der Waals surface area contributed by atoms with Gasteiger partial charge < -0.3 is 20.5 Å². The van der Waals surface area contributed by atoms with Crippen molar-refractivity contribution in [1.29, 1.82) is 0 Å². The highest BCUT2D eigenvalue weighted by Gasteiger charge is 2.30. The number of piperidine rings is 1. The summed E-state index contributed by atoms with van der Waals surface area (Å²) >= 11 is 1.32. The topological polar surface area (TPSA) is 105 Å². The summed E-state index contributed by atoms with van der Waals surface area (Å²) in [5.41, 5.74) is 6.09. The molecule has 8 heteroatoms. The SMILES string of the molecule is COc1cc(/C=C2\SC(N3CCC(C(N)=O)CC3)=NC2=O)ccc1O. The lowest BCUT2D eigenvalue weighted by Crippen LogP contribution is -2.40. The van der Waals surface area contributed by atoms with Crippen LogP contribution in [0.3, 0.4) is 0 Å². The van der Waals surface area contributed by atoms with Crippen molar-refractivity contribution >= 4 is 34.8 Å². The van der Waals surface area contributed by atoms with Crippen LogP contribution in [0.5, 0.6) is 11.5 Å². The third kappa shape index (κ3) is 3.79. The second-order valence-electron chi connectivity index (χ2n) is 5.91. The van der Waals surface area contributed by atoms with Gasteiger partial charge in [0.15, 0.2) is 16.7 Å². The Hall–Kier alpha value is -2.48. The van der Waals surface area contributed by atoms with Crippen molar-refractivity contribution in [3.63, 3.8) is 0 Å². The normalized spacial score (nSPS) is 20.0. The van der Waals surface area contributed by atoms with Crippen LogP contribution in [0.1, 0.15) is 18.4 Å². The third-order valence-electron chi connectivity index (χ3n) is 4.28. The molecule has 2 heterocycles. The molecule has 0 aromatic heterocycles. The Labute approximate surface area is 149 Å². The van der Waals surface area contributed by atoms with E-state index in [4.69, 9.17) is 10.5 Å². The Morgan fingerprint density at radius 3 is 2.80 bits per heavy atom. The van der Waals surface area contributed by atoms with Crippen LogP contribution in [0, 0.1) is 5.92 Å². The van der Waals surface area contributed by atoms with E-state index in [0.717, 1.165) is 5.56 Å². The highest BCUT2D eigenvalue weighted by atomic mass is 32.2. The number of nitrogens with two attached hydrogens (primary N) is 1. The van der Waals surface area contributed by atoms with E-state index in [1.807, 2.05) is 4.90 Å². The molecule has 0 radical (unpaired) electrons. The largest absolute Gasteiger partial charge is 0.504 e. The average Bonchev–Trinajstić information content (AvgIpc) is 2.97. The maximum absolute atomic E-state index is 12.2. The number of phenols is 1. The van der Waals surface area contributed by atoms with Crippen LogP contribution in [-0.2, 0) is 9.59 Å². The van der Waals surface area contributed by atoms with E-state index >= 15 is 0 Å². The molecule has 1 saturated heterocycles. The minimum Gasteiger partial charge on any atom is -0.504 e. The number of carbonyl (C=O) groups is 2. The van der Waals surface area contributed by atoms with Gasteiger partial charge in [-0.3, -0.25) is 9.59 Å². The lowest BCUT2D eigenvalue weighted by atomic mass is 9.97. The molecule has 2 aliphatic rings. The van der Waals surface area contributed by atoms with E-state index in [-0.39, 0.29) is 23.5 Å². The Morgan fingerprint density at radius 1 is 1.44 bits per heavy atom. The highest BCUT2D eigenvalue weighted by molar-refractivity contribution is 8.18. The van der Waals surface area contributed by atoms with E-state index in [9.17, 15) is 14.7 Å². The molecule has 0 atom stereocenters. The molecular formula is C17H19N3O4S. The van der Waals surface area contributed by atoms with Crippen LogP contribution in [-0.4, -0.2) is 47.2 Å². The van der Waals surface area contributed by atoms with Crippen LogP contribution >= 0.6 is 11.8 Å². The number of aromatic hydroxyl groups is 1. The summed E-state index contributed by atoms with van der Waals surface area (Å²) < 4.78 is 5.08. The van der Waals surface area contributed by atoms with Gasteiger partial charge in [-0.15, -0.1) is 0 Å². The van der Waals surface area contributed by atoms with Gasteiger partial charge in [0.05, 0.1) is 12.0 Å². The summed E-state index contributed by atoms with van der Waals surface area (Å²) in [7, 11) is 1.47. The lowest BCUT2D eigenvalue weighted by molar-refractivity contribution is -0.123. The second kappa shape index (κ2) is 7.18. The van der Waals surface area contributed by atoms with Gasteiger partial charge in [-0.05, 0) is 48.4 Å². The lowest BCUT2D eigenvalue weighted by Gasteiger charge is -2.31. The Morgan fingerprint density at radius 2 is 2.16 bits per heavy atom. The molecule has 1 aromatic rings. The van der Waals surface area contributed by atoms with Crippen LogP contribution in [0.4, 0.5) is 0 Å². The molecule has 25 heavy (non-hydrogen) atoms. The van der Waals surface area contributed by atoms with Crippen LogP contribution in [0.25, 0.3) is 6.08 Å². The highest BCUT2D eigenvalue weighted by Crippen LogP contribution is 2.34. The molecule has 1 aromatic carbocycles. The zero-order valence-electron chi connectivity index (χ0n) is 13.8. The molecule has 7 nitrogen and oxygen atoms in total. The molecule has 0 unspecified atom stereocenters. The van der Waals surface area contributed by atoms with E-state index < -0.39 is 0 Å². The quantitative estimate of drug-likeness (QED) is 0.792. The third-order valence-corrected chi connectivity index (χ3v) is 5.32. The molecule has 2 aliphatic heterocycles. The molecule has 3 rings (SSSR count). The predicted molar refractivity (Wildman–Crippen MR) is 96.2 cm³/mol. The van der Waals surface area contributed by atoms with Gasteiger partial charge in [-0.1, -0.05) is 6.07 Å². The summed E-state index contributed by atoms with van der Waals surface area (Å²) in [5.74, 6) is -0.259. The van der Waals surface area contributed by atoms with Crippen LogP contribution in [0.2, 0.25) is 0 Å². The molecule has 1 fully saturated rings. The van der Waals surface area contributed by atoms with Gasteiger partial charge in [0.2, 0.25) is 5.91 Å². The predicted octanol–water partition coefficient (Wildman–Crippen LogP) is 1.57. The molecule has 0 spiro atoms. The zero-order chi connectivity index (χ0) is 18.0. The fourth-order valence-electron chi connectivity index (χ4n) is 2.82. The van der Waals surface area contributed by atoms with Gasteiger partial charge in [-0.25, -0.2) is 0 Å². The number of methoxy groups -OCH3 is 1. The van der Waals surface area contributed by atoms with E-state index in [1.54, 1.807) is 18.2 Å². The number of nitrogens with zero attached hydrogens (tertiary/aromatic N) is 2. The maximum Gasteiger partial charge on any atom is 0.286 e. The number of ether oxygens (including phenoxy) is 1. The zero-order valence-corrected chi connectivity index (χ0v) is 14.6. The fraction of sp³-hybridized carbons (Fsp3) is 0.353. The van der Waals surface area contributed by atoms with Crippen molar-refractivity contribution in [3.8, 4) is 11.5 Å². The minimum atomic E-state index is -0.288. The first kappa shape index (κ1) is 17.3. The maximum atomic E-state index is 12.2. The fourth-order valence-corrected chi connectivity index (χ4v) is 3.79. The van der Waals surface area contributed by atoms with Gasteiger partial charge in [0.25, 0.3) is 5.91 Å². The monoisotopic (exact) mass is 361 g/mol. The number of primary amides is 1. The van der Waals surface area contributed by atoms with Gasteiger partial charge >= 0.3 is 0 Å². The van der Waals surface area contributed by atoms with Crippen molar-refractivity contribution in [2.24, 2.45) is 16.6 Å². The summed E-state index contributed by atoms with van der Waals surface area (Å²) in [5, 5.41) is 10.3. The number of rotatable bonds is 3. The van der Waals surface area contributed by atoms with E-state index in [2.05, 4.69) is 4.99 Å². The number of benzene rings is 1. The van der Waals surface area contributed by atoms with Crippen molar-refractivity contribution in [1.82, 2.24) is 4.90 Å². The van der Waals surface area contributed by atoms with Crippen molar-refractivity contribution in [3.05, 3.63) is 28.7 Å². The first-order valence-corrected chi connectivity index (χ1v) is 8.73. The number of hydrogen-bond donors (Lipinski definition) is 2. The number of amidine groups is 1. The number of thioether (sulfide) groups is 1. The second-order valence-corrected chi connectivity index (χ2v) is 6.91. The molecular weight excluding hydrogens is 342 g/mol. The average molecular weight is 361 g/mol. The van der Waals surface area contributed by atoms with E-state index in [1.165, 1.54) is 24.9 Å². The Bertz CT molecular complexity index is 767. The van der Waals surface area contributed by atoms with Crippen LogP contribution in [0.15, 0.2) is 28.1 Å². The summed E-state index contributed by atoms with van der Waals surface area (Å²) in [4.78, 5) is 30.1. The number of likely N-dealkylation sites (tertiary alicyclic amines) is 1. The van der Waals surface area contributed by atoms with Crippen molar-refractivity contribution in [2.75, 3.05) is 20.2 Å². The number of hydrogen-bond acceptors (Lipinski definition) is 6. The molecule has 0 bridgehead atoms. The van der Waals surface area contributed by atoms with Gasteiger partial charge in [0, 0.05) is 19.0 Å². The molecule has 3 N–H and O–H groups in total. The van der Waals surface area contributed by atoms with Gasteiger partial charge in [-0.2, -0.15) is 4.99 Å². The first-order valence-electron chi connectivity index (χ1n) is 7.91. The summed E-state index contributed by atoms with van der Waals surface area (Å²) in [6.07, 6.45) is 3.08. The summed E-state index contributed by atoms with van der Waals surface area (Å²) in [6, 6.07) is 4.88. The number of amides is 2. The van der Waals surface area contributed by atoms with Gasteiger partial charge in [0.1, 0.15) is 0 Å². The smallest absolute Gasteiger partial charge is 0.286 e. The van der Waals surface area contributed by atoms with Crippen molar-refractivity contribution < 1.29 is 19.4 Å². The first-order chi connectivity index (χ1) is 12.0. The van der Waals surface area contributed by atoms with Crippen molar-refractivity contribution in [2.45, 2.75) is 12.8 Å². The number of aliphatic imine (C=N–C) groups is 1. The Balaban J connectivity index is 1.70.